The van der Waals surface area contributed by atoms with E-state index in [1.807, 2.05) is 0 Å². The van der Waals surface area contributed by atoms with Gasteiger partial charge in [-0.1, -0.05) is 27.2 Å². The zero-order chi connectivity index (χ0) is 18.7. The molecular formula is C22H36N2O2. The number of hydrogen-bond donors (Lipinski definition) is 0. The van der Waals surface area contributed by atoms with Crippen molar-refractivity contribution < 1.29 is 9.47 Å². The van der Waals surface area contributed by atoms with Crippen LogP contribution in [0.2, 0.25) is 0 Å². The van der Waals surface area contributed by atoms with Gasteiger partial charge in [-0.2, -0.15) is 0 Å². The molecule has 1 fully saturated rings. The van der Waals surface area contributed by atoms with E-state index in [0.29, 0.717) is 12.1 Å². The first-order valence-electron chi connectivity index (χ1n) is 10.3. The fourth-order valence-corrected chi connectivity index (χ4v) is 4.42. The van der Waals surface area contributed by atoms with E-state index in [4.69, 9.17) is 9.47 Å². The summed E-state index contributed by atoms with van der Waals surface area (Å²) in [6.07, 6.45) is 4.62. The van der Waals surface area contributed by atoms with Crippen molar-refractivity contribution in [3.63, 3.8) is 0 Å². The standard InChI is InChI=1S/C22H36N2O2/c1-6-7-10-26-22-12-17-8-9-24-14-18(11-16(2)3)23(4)15-20(24)19(17)13-21(22)25-5/h12-13,16,18,20H,6-11,14-15H2,1-5H3/t18-,20-/m1/s1. The molecular weight excluding hydrogens is 324 g/mol. The molecule has 4 nitrogen and oxygen atoms in total. The van der Waals surface area contributed by atoms with E-state index in [2.05, 4.69) is 49.8 Å². The molecule has 146 valence electrons. The Bertz CT molecular complexity index is 602. The predicted octanol–water partition coefficient (Wildman–Crippen LogP) is 4.13. The number of hydrogen-bond acceptors (Lipinski definition) is 4. The minimum absolute atomic E-state index is 0.478. The lowest BCUT2D eigenvalue weighted by molar-refractivity contribution is 0.0294. The monoisotopic (exact) mass is 360 g/mol. The Morgan fingerprint density at radius 1 is 1.19 bits per heavy atom. The van der Waals surface area contributed by atoms with Gasteiger partial charge >= 0.3 is 0 Å². The van der Waals surface area contributed by atoms with E-state index in [-0.39, 0.29) is 0 Å². The van der Waals surface area contributed by atoms with Crippen LogP contribution in [0.25, 0.3) is 0 Å². The van der Waals surface area contributed by atoms with E-state index in [0.717, 1.165) is 56.4 Å². The highest BCUT2D eigenvalue weighted by Gasteiger charge is 2.36. The van der Waals surface area contributed by atoms with Gasteiger partial charge in [-0.15, -0.1) is 0 Å². The molecule has 0 amide bonds. The van der Waals surface area contributed by atoms with Crippen molar-refractivity contribution in [3.05, 3.63) is 23.3 Å². The Hall–Kier alpha value is -1.26. The van der Waals surface area contributed by atoms with Gasteiger partial charge in [0.2, 0.25) is 0 Å². The molecule has 1 aromatic rings. The molecule has 0 N–H and O–H groups in total. The van der Waals surface area contributed by atoms with Gasteiger partial charge < -0.3 is 14.4 Å². The van der Waals surface area contributed by atoms with E-state index in [1.54, 1.807) is 7.11 Å². The number of likely N-dealkylation sites (N-methyl/N-ethyl adjacent to an activating group) is 1. The average molecular weight is 361 g/mol. The first-order chi connectivity index (χ1) is 12.5. The van der Waals surface area contributed by atoms with Gasteiger partial charge in [0, 0.05) is 31.7 Å². The van der Waals surface area contributed by atoms with Crippen molar-refractivity contribution in [3.8, 4) is 11.5 Å². The lowest BCUT2D eigenvalue weighted by Crippen LogP contribution is -2.55. The maximum absolute atomic E-state index is 6.00. The van der Waals surface area contributed by atoms with Crippen molar-refractivity contribution in [2.45, 2.75) is 58.5 Å². The molecule has 0 spiro atoms. The number of fused-ring (bicyclic) bond motifs is 3. The van der Waals surface area contributed by atoms with Crippen LogP contribution in [0.1, 0.15) is 57.2 Å². The normalized spacial score (nSPS) is 23.6. The van der Waals surface area contributed by atoms with E-state index >= 15 is 0 Å². The van der Waals surface area contributed by atoms with Crippen LogP contribution < -0.4 is 9.47 Å². The van der Waals surface area contributed by atoms with Crippen molar-refractivity contribution in [1.29, 1.82) is 0 Å². The third-order valence-electron chi connectivity index (χ3n) is 5.92. The summed E-state index contributed by atoms with van der Waals surface area (Å²) in [6.45, 7) is 11.0. The van der Waals surface area contributed by atoms with E-state index in [1.165, 1.54) is 24.1 Å². The van der Waals surface area contributed by atoms with Crippen molar-refractivity contribution in [2.24, 2.45) is 5.92 Å². The Morgan fingerprint density at radius 3 is 2.69 bits per heavy atom. The third-order valence-corrected chi connectivity index (χ3v) is 5.92. The van der Waals surface area contributed by atoms with Crippen LogP contribution in [0.3, 0.4) is 0 Å². The van der Waals surface area contributed by atoms with Crippen LogP contribution >= 0.6 is 0 Å². The SMILES string of the molecule is CCCCOc1cc2c(cc1OC)[C@H]1CN(C)[C@H](CC(C)C)CN1CC2. The lowest BCUT2D eigenvalue weighted by atomic mass is 9.88. The van der Waals surface area contributed by atoms with Crippen LogP contribution in [0.5, 0.6) is 11.5 Å². The Morgan fingerprint density at radius 2 is 2.00 bits per heavy atom. The van der Waals surface area contributed by atoms with Gasteiger partial charge in [0.25, 0.3) is 0 Å². The van der Waals surface area contributed by atoms with Crippen molar-refractivity contribution in [2.75, 3.05) is 40.4 Å². The second kappa shape index (κ2) is 8.62. The topological polar surface area (TPSA) is 24.9 Å². The highest BCUT2D eigenvalue weighted by atomic mass is 16.5. The first-order valence-corrected chi connectivity index (χ1v) is 10.3. The zero-order valence-corrected chi connectivity index (χ0v) is 17.3. The second-order valence-electron chi connectivity index (χ2n) is 8.39. The maximum atomic E-state index is 6.00. The second-order valence-corrected chi connectivity index (χ2v) is 8.39. The average Bonchev–Trinajstić information content (AvgIpc) is 2.61. The number of nitrogens with zero attached hydrogens (tertiary/aromatic N) is 2. The zero-order valence-electron chi connectivity index (χ0n) is 17.3. The predicted molar refractivity (Wildman–Crippen MR) is 107 cm³/mol. The van der Waals surface area contributed by atoms with Crippen LogP contribution in [0.4, 0.5) is 0 Å². The lowest BCUT2D eigenvalue weighted by Gasteiger charge is -2.48. The molecule has 2 aliphatic heterocycles. The summed E-state index contributed by atoms with van der Waals surface area (Å²) in [5.74, 6) is 2.54. The van der Waals surface area contributed by atoms with Gasteiger partial charge in [0.1, 0.15) is 0 Å². The van der Waals surface area contributed by atoms with Gasteiger partial charge in [-0.05, 0) is 55.5 Å². The highest BCUT2D eigenvalue weighted by Crippen LogP contribution is 2.40. The minimum atomic E-state index is 0.478. The molecule has 2 aliphatic rings. The quantitative estimate of drug-likeness (QED) is 0.683. The van der Waals surface area contributed by atoms with Crippen LogP contribution in [0.15, 0.2) is 12.1 Å². The fourth-order valence-electron chi connectivity index (χ4n) is 4.42. The Balaban J connectivity index is 1.80. The molecule has 26 heavy (non-hydrogen) atoms. The molecule has 0 aromatic heterocycles. The maximum Gasteiger partial charge on any atom is 0.161 e. The van der Waals surface area contributed by atoms with E-state index in [9.17, 15) is 0 Å². The summed E-state index contributed by atoms with van der Waals surface area (Å²) in [5.41, 5.74) is 2.88. The Kier molecular flexibility index (Phi) is 6.46. The largest absolute Gasteiger partial charge is 0.493 e. The highest BCUT2D eigenvalue weighted by molar-refractivity contribution is 5.49. The molecule has 0 saturated carbocycles. The van der Waals surface area contributed by atoms with Gasteiger partial charge in [-0.3, -0.25) is 4.90 Å². The molecule has 1 saturated heterocycles. The third kappa shape index (κ3) is 4.17. The molecule has 1 aromatic carbocycles. The molecule has 3 rings (SSSR count). The summed E-state index contributed by atoms with van der Waals surface area (Å²) < 4.78 is 11.7. The number of methoxy groups -OCH3 is 1. The number of ether oxygens (including phenoxy) is 2. The fraction of sp³-hybridized carbons (Fsp3) is 0.727. The molecule has 2 atom stereocenters. The number of unbranched alkanes of at least 4 members (excludes halogenated alkanes) is 1. The number of piperazine rings is 1. The van der Waals surface area contributed by atoms with Gasteiger partial charge in [0.15, 0.2) is 11.5 Å². The first kappa shape index (κ1) is 19.5. The summed E-state index contributed by atoms with van der Waals surface area (Å²) in [7, 11) is 4.04. The number of rotatable bonds is 7. The van der Waals surface area contributed by atoms with Crippen LogP contribution in [-0.2, 0) is 6.42 Å². The van der Waals surface area contributed by atoms with Crippen molar-refractivity contribution >= 4 is 0 Å². The summed E-state index contributed by atoms with van der Waals surface area (Å²) in [6, 6.07) is 5.63. The molecule has 0 aliphatic carbocycles. The molecule has 0 radical (unpaired) electrons. The molecule has 4 heteroatoms. The van der Waals surface area contributed by atoms with Crippen molar-refractivity contribution in [1.82, 2.24) is 9.80 Å². The summed E-state index contributed by atoms with van der Waals surface area (Å²) in [5, 5.41) is 0. The minimum Gasteiger partial charge on any atom is -0.493 e. The summed E-state index contributed by atoms with van der Waals surface area (Å²) in [4.78, 5) is 5.25. The molecule has 0 bridgehead atoms. The van der Waals surface area contributed by atoms with Crippen LogP contribution in [0, 0.1) is 5.92 Å². The molecule has 2 heterocycles. The van der Waals surface area contributed by atoms with Crippen LogP contribution in [-0.4, -0.2) is 56.2 Å². The summed E-state index contributed by atoms with van der Waals surface area (Å²) >= 11 is 0. The van der Waals surface area contributed by atoms with Gasteiger partial charge in [0.05, 0.1) is 13.7 Å². The van der Waals surface area contributed by atoms with Gasteiger partial charge in [-0.25, -0.2) is 0 Å². The van der Waals surface area contributed by atoms with E-state index < -0.39 is 0 Å². The number of benzene rings is 1. The smallest absolute Gasteiger partial charge is 0.161 e. The molecule has 0 unspecified atom stereocenters. The Labute approximate surface area is 159 Å².